The third-order valence-electron chi connectivity index (χ3n) is 5.17. The number of pyridine rings is 2. The lowest BCUT2D eigenvalue weighted by atomic mass is 9.91. The van der Waals surface area contributed by atoms with E-state index in [9.17, 15) is 24.1 Å². The van der Waals surface area contributed by atoms with Gasteiger partial charge < -0.3 is 0 Å². The molecule has 7 heteroatoms. The molecule has 3 aromatic rings. The van der Waals surface area contributed by atoms with E-state index in [-0.39, 0.29) is 22.3 Å². The van der Waals surface area contributed by atoms with Crippen molar-refractivity contribution < 1.29 is 13.6 Å². The largest absolute Gasteiger partial charge is 0.288 e. The molecule has 0 atom stereocenters. The number of benzene rings is 1. The van der Waals surface area contributed by atoms with Crippen LogP contribution >= 0.6 is 0 Å². The second kappa shape index (κ2) is 6.26. The minimum Gasteiger partial charge on any atom is -0.288 e. The van der Waals surface area contributed by atoms with Gasteiger partial charge in [0.05, 0.1) is 17.0 Å². The second-order valence-electron chi connectivity index (χ2n) is 6.64. The van der Waals surface area contributed by atoms with Gasteiger partial charge in [-0.2, -0.15) is 10.5 Å². The standard InChI is InChI=1S/C23H8F2N4O/c24-15-6-5-12-16(11(9-26)10-27)19(23(30)18(12)20(15)25)17-13-3-1-7-28-21(13)22-14(17)4-2-8-29-22/h1-8H. The fourth-order valence-electron chi connectivity index (χ4n) is 4.00. The van der Waals surface area contributed by atoms with Gasteiger partial charge in [-0.15, -0.1) is 0 Å². The quantitative estimate of drug-likeness (QED) is 0.329. The molecule has 5 rings (SSSR count). The van der Waals surface area contributed by atoms with E-state index in [2.05, 4.69) is 9.97 Å². The lowest BCUT2D eigenvalue weighted by molar-refractivity contribution is 0.103. The lowest BCUT2D eigenvalue weighted by Crippen LogP contribution is -2.03. The molecule has 0 amide bonds. The number of Topliss-reactive ketones (excluding diaryl/α,β-unsaturated/α-hetero) is 1. The van der Waals surface area contributed by atoms with Crippen molar-refractivity contribution in [3.63, 3.8) is 0 Å². The SMILES string of the molecule is N#CC(C#N)=C1C(=C2c3cccnc3-c3ncccc32)C(=O)c2c1ccc(F)c2F. The molecule has 0 fully saturated rings. The van der Waals surface area contributed by atoms with Crippen molar-refractivity contribution in [2.45, 2.75) is 0 Å². The second-order valence-corrected chi connectivity index (χ2v) is 6.64. The number of allylic oxidation sites excluding steroid dienone is 3. The van der Waals surface area contributed by atoms with E-state index in [0.717, 1.165) is 6.07 Å². The molecule has 2 heterocycles. The maximum absolute atomic E-state index is 14.6. The average molecular weight is 394 g/mol. The number of halogens is 2. The van der Waals surface area contributed by atoms with Crippen LogP contribution in [0.3, 0.4) is 0 Å². The highest BCUT2D eigenvalue weighted by Gasteiger charge is 2.41. The minimum atomic E-state index is -1.31. The van der Waals surface area contributed by atoms with Crippen LogP contribution in [0.5, 0.6) is 0 Å². The minimum absolute atomic E-state index is 0.0135. The fraction of sp³-hybridized carbons (Fsp3) is 0. The predicted molar refractivity (Wildman–Crippen MR) is 102 cm³/mol. The molecular weight excluding hydrogens is 386 g/mol. The third kappa shape index (κ3) is 2.15. The first-order chi connectivity index (χ1) is 14.6. The van der Waals surface area contributed by atoms with Gasteiger partial charge in [-0.1, -0.05) is 18.2 Å². The lowest BCUT2D eigenvalue weighted by Gasteiger charge is -2.09. The van der Waals surface area contributed by atoms with E-state index in [4.69, 9.17) is 0 Å². The van der Waals surface area contributed by atoms with Crippen molar-refractivity contribution in [3.8, 4) is 23.5 Å². The summed E-state index contributed by atoms with van der Waals surface area (Å²) in [5.41, 5.74) is 1.70. The van der Waals surface area contributed by atoms with Gasteiger partial charge in [0, 0.05) is 40.2 Å². The Hall–Kier alpha value is -4.49. The van der Waals surface area contributed by atoms with Crippen LogP contribution in [-0.2, 0) is 0 Å². The molecule has 0 spiro atoms. The van der Waals surface area contributed by atoms with Gasteiger partial charge in [0.1, 0.15) is 17.7 Å². The van der Waals surface area contributed by atoms with Crippen LogP contribution in [0.2, 0.25) is 0 Å². The molecule has 0 radical (unpaired) electrons. The average Bonchev–Trinajstić information content (AvgIpc) is 3.24. The molecule has 5 nitrogen and oxygen atoms in total. The highest BCUT2D eigenvalue weighted by atomic mass is 19.2. The van der Waals surface area contributed by atoms with Crippen molar-refractivity contribution in [3.05, 3.63) is 93.8 Å². The number of aromatic nitrogens is 2. The Kier molecular flexibility index (Phi) is 3.67. The van der Waals surface area contributed by atoms with Crippen LogP contribution < -0.4 is 0 Å². The number of carbonyl (C=O) groups is 1. The smallest absolute Gasteiger partial charge is 0.198 e. The third-order valence-corrected chi connectivity index (χ3v) is 5.17. The van der Waals surface area contributed by atoms with Crippen molar-refractivity contribution >= 4 is 16.9 Å². The molecule has 0 unspecified atom stereocenters. The molecule has 0 saturated heterocycles. The Bertz CT molecular complexity index is 1390. The van der Waals surface area contributed by atoms with Crippen LogP contribution in [0.4, 0.5) is 8.78 Å². The predicted octanol–water partition coefficient (Wildman–Crippen LogP) is 4.23. The van der Waals surface area contributed by atoms with E-state index >= 15 is 0 Å². The van der Waals surface area contributed by atoms with Crippen LogP contribution in [0.1, 0.15) is 27.0 Å². The van der Waals surface area contributed by atoms with Crippen LogP contribution in [0.25, 0.3) is 22.5 Å². The van der Waals surface area contributed by atoms with Crippen molar-refractivity contribution in [2.24, 2.45) is 0 Å². The van der Waals surface area contributed by atoms with Gasteiger partial charge in [0.25, 0.3) is 0 Å². The Labute approximate surface area is 168 Å². The number of rotatable bonds is 0. The van der Waals surface area contributed by atoms with Crippen molar-refractivity contribution in [1.82, 2.24) is 9.97 Å². The number of carbonyl (C=O) groups excluding carboxylic acids is 1. The molecule has 2 aliphatic carbocycles. The first kappa shape index (κ1) is 17.6. The van der Waals surface area contributed by atoms with Gasteiger partial charge in [-0.05, 0) is 23.8 Å². The summed E-state index contributed by atoms with van der Waals surface area (Å²) in [5.74, 6) is -3.28. The highest BCUT2D eigenvalue weighted by Crippen LogP contribution is 2.50. The Morgan fingerprint density at radius 1 is 0.833 bits per heavy atom. The molecule has 140 valence electrons. The topological polar surface area (TPSA) is 90.4 Å². The molecule has 2 aromatic heterocycles. The Morgan fingerprint density at radius 2 is 1.43 bits per heavy atom. The Morgan fingerprint density at radius 3 is 2.00 bits per heavy atom. The molecule has 2 aliphatic rings. The zero-order valence-electron chi connectivity index (χ0n) is 15.1. The maximum atomic E-state index is 14.6. The van der Waals surface area contributed by atoms with E-state index in [1.54, 1.807) is 48.8 Å². The monoisotopic (exact) mass is 394 g/mol. The van der Waals surface area contributed by atoms with Gasteiger partial charge in [-0.25, -0.2) is 8.78 Å². The van der Waals surface area contributed by atoms with E-state index in [1.165, 1.54) is 6.07 Å². The molecule has 0 saturated carbocycles. The normalized spacial score (nSPS) is 13.5. The summed E-state index contributed by atoms with van der Waals surface area (Å²) < 4.78 is 28.5. The highest BCUT2D eigenvalue weighted by molar-refractivity contribution is 6.33. The van der Waals surface area contributed by atoms with E-state index < -0.39 is 23.0 Å². The van der Waals surface area contributed by atoms with Crippen molar-refractivity contribution in [2.75, 3.05) is 0 Å². The molecule has 1 aromatic carbocycles. The van der Waals surface area contributed by atoms with Crippen LogP contribution in [-0.4, -0.2) is 15.8 Å². The number of hydrogen-bond donors (Lipinski definition) is 0. The number of ketones is 1. The summed E-state index contributed by atoms with van der Waals surface area (Å²) in [6, 6.07) is 12.5. The number of nitriles is 2. The maximum Gasteiger partial charge on any atom is 0.198 e. The number of fused-ring (bicyclic) bond motifs is 4. The van der Waals surface area contributed by atoms with Gasteiger partial charge in [0.15, 0.2) is 17.4 Å². The summed E-state index contributed by atoms with van der Waals surface area (Å²) in [4.78, 5) is 22.1. The molecule has 0 N–H and O–H groups in total. The van der Waals surface area contributed by atoms with Crippen LogP contribution in [0, 0.1) is 34.3 Å². The van der Waals surface area contributed by atoms with Gasteiger partial charge >= 0.3 is 0 Å². The van der Waals surface area contributed by atoms with Gasteiger partial charge in [0.2, 0.25) is 0 Å². The summed E-state index contributed by atoms with van der Waals surface area (Å²) in [7, 11) is 0. The Balaban J connectivity index is 1.99. The number of hydrogen-bond acceptors (Lipinski definition) is 5. The summed E-state index contributed by atoms with van der Waals surface area (Å²) in [5, 5.41) is 19.0. The first-order valence-corrected chi connectivity index (χ1v) is 8.81. The van der Waals surface area contributed by atoms with E-state index in [0.29, 0.717) is 28.1 Å². The number of nitrogens with zero attached hydrogens (tertiary/aromatic N) is 4. The molecular formula is C23H8F2N4O. The molecule has 30 heavy (non-hydrogen) atoms. The molecule has 0 bridgehead atoms. The molecule has 0 aliphatic heterocycles. The summed E-state index contributed by atoms with van der Waals surface area (Å²) in [6.45, 7) is 0. The van der Waals surface area contributed by atoms with Gasteiger partial charge in [-0.3, -0.25) is 14.8 Å². The van der Waals surface area contributed by atoms with Crippen molar-refractivity contribution in [1.29, 1.82) is 10.5 Å². The summed E-state index contributed by atoms with van der Waals surface area (Å²) >= 11 is 0. The fourth-order valence-corrected chi connectivity index (χ4v) is 4.00. The zero-order chi connectivity index (χ0) is 21.0. The first-order valence-electron chi connectivity index (χ1n) is 8.81. The van der Waals surface area contributed by atoms with Crippen LogP contribution in [0.15, 0.2) is 59.9 Å². The van der Waals surface area contributed by atoms with E-state index in [1.807, 2.05) is 0 Å². The zero-order valence-corrected chi connectivity index (χ0v) is 15.1. The summed E-state index contributed by atoms with van der Waals surface area (Å²) in [6.07, 6.45) is 3.16.